The Balaban J connectivity index is 1.89. The molecule has 1 saturated heterocycles. The first-order valence-electron chi connectivity index (χ1n) is 7.76. The zero-order valence-corrected chi connectivity index (χ0v) is 12.9. The van der Waals surface area contributed by atoms with E-state index >= 15 is 0 Å². The molecule has 2 amide bonds. The topological polar surface area (TPSA) is 54.5 Å². The van der Waals surface area contributed by atoms with Gasteiger partial charge >= 0.3 is 6.03 Å². The smallest absolute Gasteiger partial charge is 0.322 e. The zero-order valence-electron chi connectivity index (χ0n) is 12.9. The molecule has 1 aromatic heterocycles. The lowest BCUT2D eigenvalue weighted by Crippen LogP contribution is -2.46. The minimum atomic E-state index is -0.0303. The minimum Gasteiger partial charge on any atom is -0.379 e. The molecule has 5 nitrogen and oxygen atoms in total. The number of carbonyl (C=O) groups is 1. The van der Waals surface area contributed by atoms with Crippen LogP contribution in [0.5, 0.6) is 0 Å². The molecule has 1 fully saturated rings. The van der Waals surface area contributed by atoms with Crippen LogP contribution in [0.3, 0.4) is 0 Å². The van der Waals surface area contributed by atoms with Crippen molar-refractivity contribution < 1.29 is 9.53 Å². The van der Waals surface area contributed by atoms with Crippen LogP contribution in [-0.2, 0) is 4.74 Å². The van der Waals surface area contributed by atoms with Gasteiger partial charge in [0, 0.05) is 25.4 Å². The first-order valence-corrected chi connectivity index (χ1v) is 7.76. The number of pyridine rings is 1. The Labute approximate surface area is 126 Å². The average Bonchev–Trinajstić information content (AvgIpc) is 2.48. The van der Waals surface area contributed by atoms with Gasteiger partial charge in [0.05, 0.1) is 18.0 Å². The molecule has 0 bridgehead atoms. The highest BCUT2D eigenvalue weighted by Crippen LogP contribution is 2.21. The Bertz CT molecular complexity index is 436. The summed E-state index contributed by atoms with van der Waals surface area (Å²) in [5, 5.41) is 2.92. The van der Waals surface area contributed by atoms with E-state index in [9.17, 15) is 4.79 Å². The summed E-state index contributed by atoms with van der Waals surface area (Å²) in [4.78, 5) is 18.4. The molecular weight excluding hydrogens is 266 g/mol. The van der Waals surface area contributed by atoms with Crippen LogP contribution in [0.25, 0.3) is 0 Å². The summed E-state index contributed by atoms with van der Waals surface area (Å²) >= 11 is 0. The van der Waals surface area contributed by atoms with Crippen LogP contribution in [0.2, 0.25) is 0 Å². The number of anilines is 1. The van der Waals surface area contributed by atoms with Gasteiger partial charge in [-0.05, 0) is 51.7 Å². The monoisotopic (exact) mass is 291 g/mol. The third kappa shape index (κ3) is 5.01. The van der Waals surface area contributed by atoms with Gasteiger partial charge in [0.2, 0.25) is 0 Å². The van der Waals surface area contributed by atoms with Crippen LogP contribution in [0.15, 0.2) is 24.5 Å². The van der Waals surface area contributed by atoms with E-state index in [1.807, 2.05) is 30.9 Å². The molecule has 21 heavy (non-hydrogen) atoms. The number of hydrogen-bond acceptors (Lipinski definition) is 3. The molecule has 0 saturated carbocycles. The zero-order chi connectivity index (χ0) is 15.1. The molecule has 1 N–H and O–H groups in total. The molecule has 116 valence electrons. The number of ether oxygens (including phenoxy) is 1. The number of hydrogen-bond donors (Lipinski definition) is 1. The Morgan fingerprint density at radius 2 is 2.38 bits per heavy atom. The summed E-state index contributed by atoms with van der Waals surface area (Å²) in [6, 6.07) is 3.91. The van der Waals surface area contributed by atoms with Crippen LogP contribution in [0.4, 0.5) is 10.5 Å². The molecule has 0 aromatic carbocycles. The number of piperidine rings is 1. The van der Waals surface area contributed by atoms with Gasteiger partial charge in [-0.25, -0.2) is 4.79 Å². The van der Waals surface area contributed by atoms with Crippen molar-refractivity contribution >= 4 is 11.7 Å². The number of nitrogens with one attached hydrogen (secondary N) is 1. The molecule has 2 rings (SSSR count). The van der Waals surface area contributed by atoms with Crippen LogP contribution < -0.4 is 5.32 Å². The fourth-order valence-corrected chi connectivity index (χ4v) is 2.64. The van der Waals surface area contributed by atoms with E-state index < -0.39 is 0 Å². The number of likely N-dealkylation sites (tertiary alicyclic amines) is 1. The minimum absolute atomic E-state index is 0.0303. The number of rotatable bonds is 5. The van der Waals surface area contributed by atoms with Crippen molar-refractivity contribution in [3.8, 4) is 0 Å². The third-order valence-electron chi connectivity index (χ3n) is 3.70. The Morgan fingerprint density at radius 1 is 1.52 bits per heavy atom. The quantitative estimate of drug-likeness (QED) is 0.905. The molecule has 2 heterocycles. The third-order valence-corrected chi connectivity index (χ3v) is 3.70. The molecule has 1 aliphatic rings. The van der Waals surface area contributed by atoms with Crippen LogP contribution in [0, 0.1) is 0 Å². The number of nitrogens with zero attached hydrogens (tertiary/aromatic N) is 2. The maximum Gasteiger partial charge on any atom is 0.322 e. The highest BCUT2D eigenvalue weighted by atomic mass is 16.5. The van der Waals surface area contributed by atoms with Gasteiger partial charge in [-0.15, -0.1) is 0 Å². The fraction of sp³-hybridized carbons (Fsp3) is 0.625. The van der Waals surface area contributed by atoms with Crippen molar-refractivity contribution in [1.29, 1.82) is 0 Å². The van der Waals surface area contributed by atoms with Crippen molar-refractivity contribution in [2.45, 2.75) is 51.7 Å². The van der Waals surface area contributed by atoms with E-state index in [1.165, 1.54) is 6.42 Å². The summed E-state index contributed by atoms with van der Waals surface area (Å²) in [6.45, 7) is 5.60. The second-order valence-corrected chi connectivity index (χ2v) is 5.72. The van der Waals surface area contributed by atoms with Crippen molar-refractivity contribution in [2.24, 2.45) is 0 Å². The summed E-state index contributed by atoms with van der Waals surface area (Å²) < 4.78 is 5.62. The Hall–Kier alpha value is -1.62. The molecule has 1 unspecified atom stereocenters. The lowest BCUT2D eigenvalue weighted by molar-refractivity contribution is 0.0566. The molecule has 0 radical (unpaired) electrons. The van der Waals surface area contributed by atoms with E-state index in [4.69, 9.17) is 4.74 Å². The molecular formula is C16H25N3O2. The molecule has 0 aliphatic carbocycles. The molecule has 0 spiro atoms. The standard InChI is InChI=1S/C16H25N3O2/c1-13(2)21-11-8-15-7-3-4-10-19(15)16(20)18-14-6-5-9-17-12-14/h5-6,9,12-13,15H,3-4,7-8,10-11H2,1-2H3,(H,18,20). The number of aromatic nitrogens is 1. The molecule has 1 aliphatic heterocycles. The van der Waals surface area contributed by atoms with Crippen molar-refractivity contribution in [3.05, 3.63) is 24.5 Å². The Morgan fingerprint density at radius 3 is 3.10 bits per heavy atom. The second-order valence-electron chi connectivity index (χ2n) is 5.72. The summed E-state index contributed by atoms with van der Waals surface area (Å²) in [6.07, 6.45) is 7.82. The molecule has 1 aromatic rings. The maximum atomic E-state index is 12.4. The van der Waals surface area contributed by atoms with E-state index in [0.29, 0.717) is 6.61 Å². The normalized spacial score (nSPS) is 18.8. The van der Waals surface area contributed by atoms with Crippen molar-refractivity contribution in [1.82, 2.24) is 9.88 Å². The largest absolute Gasteiger partial charge is 0.379 e. The predicted molar refractivity (Wildman–Crippen MR) is 83.3 cm³/mol. The van der Waals surface area contributed by atoms with Crippen molar-refractivity contribution in [3.63, 3.8) is 0 Å². The Kier molecular flexibility index (Phi) is 5.99. The fourth-order valence-electron chi connectivity index (χ4n) is 2.64. The average molecular weight is 291 g/mol. The number of amides is 2. The summed E-state index contributed by atoms with van der Waals surface area (Å²) in [5.41, 5.74) is 0.741. The molecule has 5 heteroatoms. The summed E-state index contributed by atoms with van der Waals surface area (Å²) in [7, 11) is 0. The SMILES string of the molecule is CC(C)OCCC1CCCCN1C(=O)Nc1cccnc1. The van der Waals surface area contributed by atoms with Gasteiger partial charge in [0.1, 0.15) is 0 Å². The summed E-state index contributed by atoms with van der Waals surface area (Å²) in [5.74, 6) is 0. The van der Waals surface area contributed by atoms with Crippen LogP contribution >= 0.6 is 0 Å². The molecule has 1 atom stereocenters. The number of urea groups is 1. The van der Waals surface area contributed by atoms with E-state index in [-0.39, 0.29) is 18.2 Å². The van der Waals surface area contributed by atoms with Gasteiger partial charge in [0.25, 0.3) is 0 Å². The predicted octanol–water partition coefficient (Wildman–Crippen LogP) is 3.28. The lowest BCUT2D eigenvalue weighted by atomic mass is 10.00. The van der Waals surface area contributed by atoms with Gasteiger partial charge < -0.3 is 15.0 Å². The van der Waals surface area contributed by atoms with Gasteiger partial charge in [-0.2, -0.15) is 0 Å². The van der Waals surface area contributed by atoms with E-state index in [1.54, 1.807) is 12.4 Å². The van der Waals surface area contributed by atoms with Gasteiger partial charge in [-0.1, -0.05) is 0 Å². The van der Waals surface area contributed by atoms with Crippen LogP contribution in [0.1, 0.15) is 39.5 Å². The van der Waals surface area contributed by atoms with E-state index in [0.717, 1.165) is 31.5 Å². The number of carbonyl (C=O) groups excluding carboxylic acids is 1. The van der Waals surface area contributed by atoms with Gasteiger partial charge in [0.15, 0.2) is 0 Å². The van der Waals surface area contributed by atoms with E-state index in [2.05, 4.69) is 10.3 Å². The van der Waals surface area contributed by atoms with Crippen molar-refractivity contribution in [2.75, 3.05) is 18.5 Å². The van der Waals surface area contributed by atoms with Crippen LogP contribution in [-0.4, -0.2) is 41.2 Å². The first kappa shape index (κ1) is 15.8. The second kappa shape index (κ2) is 7.98. The maximum absolute atomic E-state index is 12.4. The van der Waals surface area contributed by atoms with Gasteiger partial charge in [-0.3, -0.25) is 4.98 Å². The highest BCUT2D eigenvalue weighted by Gasteiger charge is 2.26. The highest BCUT2D eigenvalue weighted by molar-refractivity contribution is 5.89. The lowest BCUT2D eigenvalue weighted by Gasteiger charge is -2.35. The first-order chi connectivity index (χ1) is 10.2.